The van der Waals surface area contributed by atoms with Crippen LogP contribution in [0, 0.1) is 6.92 Å². The number of hydrogen-bond acceptors (Lipinski definition) is 1. The van der Waals surface area contributed by atoms with Crippen LogP contribution in [0.4, 0.5) is 0 Å². The Kier molecular flexibility index (Phi) is 4.34. The first-order chi connectivity index (χ1) is 7.60. The second-order valence-electron chi connectivity index (χ2n) is 7.04. The lowest BCUT2D eigenvalue weighted by Gasteiger charge is -2.35. The first-order valence-corrected chi connectivity index (χ1v) is 7.96. The molecule has 17 heavy (non-hydrogen) atoms. The molecule has 0 radical (unpaired) electrons. The highest BCUT2D eigenvalue weighted by atomic mass is 27.2. The Bertz CT molecular complexity index is 340. The van der Waals surface area contributed by atoms with Crippen LogP contribution in [0.25, 0.3) is 0 Å². The van der Waals surface area contributed by atoms with Crippen molar-refractivity contribution >= 4 is 14.5 Å². The highest BCUT2D eigenvalue weighted by Gasteiger charge is 2.47. The predicted octanol–water partition coefficient (Wildman–Crippen LogP) is 4.97. The molecule has 1 rings (SSSR count). The van der Waals surface area contributed by atoms with Gasteiger partial charge in [0.25, 0.3) is 0 Å². The van der Waals surface area contributed by atoms with Crippen LogP contribution in [0.5, 0.6) is 5.75 Å². The van der Waals surface area contributed by atoms with Crippen molar-refractivity contribution in [1.29, 1.82) is 0 Å². The third kappa shape index (κ3) is 4.37. The Balaban J connectivity index is 2.92. The summed E-state index contributed by atoms with van der Waals surface area (Å²) >= 11 is -1.35. The van der Waals surface area contributed by atoms with Gasteiger partial charge in [-0.1, -0.05) is 59.2 Å². The number of rotatable bonds is 2. The van der Waals surface area contributed by atoms with Crippen LogP contribution in [0.3, 0.4) is 0 Å². The van der Waals surface area contributed by atoms with Gasteiger partial charge in [-0.15, -0.1) is 0 Å². The molecule has 0 atom stereocenters. The summed E-state index contributed by atoms with van der Waals surface area (Å²) in [5, 5.41) is 0. The molecule has 0 unspecified atom stereocenters. The molecule has 0 aliphatic heterocycles. The molecule has 1 aromatic carbocycles. The van der Waals surface area contributed by atoms with E-state index < -0.39 is 14.5 Å². The van der Waals surface area contributed by atoms with Gasteiger partial charge in [-0.25, -0.2) is 0 Å². The first kappa shape index (κ1) is 14.6. The number of hydrogen-bond donors (Lipinski definition) is 0. The SMILES string of the molecule is Cc1ccc([O][Al]([C](C)(C)C)[C](C)(C)C)cc1. The largest absolute Gasteiger partial charge is 0.642 e. The molecule has 94 valence electrons. The van der Waals surface area contributed by atoms with Gasteiger partial charge in [0.05, 0.1) is 5.75 Å². The van der Waals surface area contributed by atoms with Crippen molar-refractivity contribution in [2.75, 3.05) is 0 Å². The average molecular weight is 248 g/mol. The van der Waals surface area contributed by atoms with Crippen LogP contribution in [-0.2, 0) is 0 Å². The van der Waals surface area contributed by atoms with E-state index in [2.05, 4.69) is 72.7 Å². The van der Waals surface area contributed by atoms with E-state index in [9.17, 15) is 0 Å². The molecule has 0 heterocycles. The van der Waals surface area contributed by atoms with Crippen LogP contribution < -0.4 is 3.79 Å². The standard InChI is InChI=1S/C7H8O.2C4H9.Al/c1-6-2-4-7(8)5-3-6;2*1-4(2)3;/h2-5,8H,1H3;2*1-3H3;/q;;;+1/p-1. The monoisotopic (exact) mass is 248 g/mol. The smallest absolute Gasteiger partial charge is 0.558 e. The Hall–Kier alpha value is -0.448. The van der Waals surface area contributed by atoms with Gasteiger partial charge >= 0.3 is 14.5 Å². The number of aryl methyl sites for hydroxylation is 1. The van der Waals surface area contributed by atoms with E-state index in [0.717, 1.165) is 5.75 Å². The van der Waals surface area contributed by atoms with Crippen LogP contribution in [0.15, 0.2) is 24.3 Å². The van der Waals surface area contributed by atoms with E-state index in [1.54, 1.807) is 0 Å². The Morgan fingerprint density at radius 1 is 0.824 bits per heavy atom. The highest BCUT2D eigenvalue weighted by Crippen LogP contribution is 2.42. The average Bonchev–Trinajstić information content (AvgIpc) is 2.13. The van der Waals surface area contributed by atoms with Crippen molar-refractivity contribution in [2.45, 2.75) is 57.0 Å². The molecule has 0 bridgehead atoms. The van der Waals surface area contributed by atoms with Gasteiger partial charge in [0, 0.05) is 0 Å². The third-order valence-corrected chi connectivity index (χ3v) is 6.50. The van der Waals surface area contributed by atoms with Crippen molar-refractivity contribution in [3.63, 3.8) is 0 Å². The summed E-state index contributed by atoms with van der Waals surface area (Å²) in [7, 11) is 0. The van der Waals surface area contributed by atoms with E-state index in [4.69, 9.17) is 3.79 Å². The second-order valence-corrected chi connectivity index (χ2v) is 11.5. The highest BCUT2D eigenvalue weighted by molar-refractivity contribution is 6.59. The quantitative estimate of drug-likeness (QED) is 0.672. The molecule has 0 aliphatic rings. The van der Waals surface area contributed by atoms with Crippen molar-refractivity contribution in [2.24, 2.45) is 0 Å². The molecule has 0 N–H and O–H groups in total. The lowest BCUT2D eigenvalue weighted by Crippen LogP contribution is -2.40. The summed E-state index contributed by atoms with van der Waals surface area (Å²) in [6, 6.07) is 8.41. The van der Waals surface area contributed by atoms with Gasteiger partial charge in [0.1, 0.15) is 0 Å². The summed E-state index contributed by atoms with van der Waals surface area (Å²) < 4.78 is 6.87. The van der Waals surface area contributed by atoms with Crippen LogP contribution in [-0.4, -0.2) is 14.5 Å². The maximum atomic E-state index is 6.34. The molecule has 0 aliphatic carbocycles. The molecule has 0 aromatic heterocycles. The van der Waals surface area contributed by atoms with E-state index in [0.29, 0.717) is 0 Å². The molecule has 2 heteroatoms. The van der Waals surface area contributed by atoms with Crippen LogP contribution >= 0.6 is 0 Å². The van der Waals surface area contributed by atoms with E-state index in [1.807, 2.05) is 0 Å². The van der Waals surface area contributed by atoms with Gasteiger partial charge in [-0.2, -0.15) is 0 Å². The van der Waals surface area contributed by atoms with Gasteiger partial charge in [0.15, 0.2) is 0 Å². The van der Waals surface area contributed by atoms with E-state index in [-0.39, 0.29) is 8.55 Å². The van der Waals surface area contributed by atoms with Gasteiger partial charge in [-0.3, -0.25) is 0 Å². The molecule has 0 spiro atoms. The van der Waals surface area contributed by atoms with Crippen molar-refractivity contribution in [1.82, 2.24) is 0 Å². The van der Waals surface area contributed by atoms with Crippen LogP contribution in [0.1, 0.15) is 47.1 Å². The van der Waals surface area contributed by atoms with E-state index in [1.165, 1.54) is 5.56 Å². The van der Waals surface area contributed by atoms with Gasteiger partial charge in [0.2, 0.25) is 0 Å². The fraction of sp³-hybridized carbons (Fsp3) is 0.600. The summed E-state index contributed by atoms with van der Waals surface area (Å²) in [6.45, 7) is 15.9. The maximum absolute atomic E-state index is 6.34. The van der Waals surface area contributed by atoms with Gasteiger partial charge < -0.3 is 3.79 Å². The second kappa shape index (κ2) is 5.04. The topological polar surface area (TPSA) is 9.23 Å². The lowest BCUT2D eigenvalue weighted by atomic mass is 10.2. The van der Waals surface area contributed by atoms with Crippen LogP contribution in [0.2, 0.25) is 8.55 Å². The van der Waals surface area contributed by atoms with Crippen molar-refractivity contribution < 1.29 is 3.79 Å². The Morgan fingerprint density at radius 3 is 1.59 bits per heavy atom. The fourth-order valence-electron chi connectivity index (χ4n) is 2.41. The Morgan fingerprint density at radius 2 is 1.24 bits per heavy atom. The molecule has 0 saturated heterocycles. The predicted molar refractivity (Wildman–Crippen MR) is 77.0 cm³/mol. The lowest BCUT2D eigenvalue weighted by molar-refractivity contribution is 0.462. The minimum absolute atomic E-state index is 0.267. The normalized spacial score (nSPS) is 12.4. The molecule has 0 saturated carbocycles. The molecule has 1 aromatic rings. The van der Waals surface area contributed by atoms with E-state index >= 15 is 0 Å². The zero-order chi connectivity index (χ0) is 13.3. The first-order valence-electron chi connectivity index (χ1n) is 6.34. The Labute approximate surface area is 111 Å². The number of benzene rings is 1. The van der Waals surface area contributed by atoms with Crippen molar-refractivity contribution in [3.8, 4) is 5.75 Å². The summed E-state index contributed by atoms with van der Waals surface area (Å²) in [5.41, 5.74) is 1.28. The molecular formula is C15H25AlO. The minimum atomic E-state index is -1.35. The zero-order valence-corrected chi connectivity index (χ0v) is 13.4. The minimum Gasteiger partial charge on any atom is -0.642 e. The zero-order valence-electron chi connectivity index (χ0n) is 12.3. The van der Waals surface area contributed by atoms with Crippen molar-refractivity contribution in [3.05, 3.63) is 29.8 Å². The summed E-state index contributed by atoms with van der Waals surface area (Å²) in [5.74, 6) is 1.03. The molecule has 0 amide bonds. The molecular weight excluding hydrogens is 223 g/mol. The third-order valence-electron chi connectivity index (χ3n) is 2.85. The van der Waals surface area contributed by atoms with Gasteiger partial charge in [-0.05, 0) is 27.6 Å². The molecule has 0 fully saturated rings. The maximum Gasteiger partial charge on any atom is 0.558 e. The fourth-order valence-corrected chi connectivity index (χ4v) is 6.14. The molecule has 1 nitrogen and oxygen atoms in total. The summed E-state index contributed by atoms with van der Waals surface area (Å²) in [6.07, 6.45) is 0. The summed E-state index contributed by atoms with van der Waals surface area (Å²) in [4.78, 5) is 0.